The fourth-order valence-corrected chi connectivity index (χ4v) is 4.10. The summed E-state index contributed by atoms with van der Waals surface area (Å²) in [6, 6.07) is 1.36. The Kier molecular flexibility index (Phi) is 3.81. The van der Waals surface area contributed by atoms with Crippen LogP contribution in [0.3, 0.4) is 0 Å². The SMILES string of the molecule is CC1CN(C(=O)CC2CC3CCC(C2)N3)CC(C)O1. The Morgan fingerprint density at radius 3 is 2.32 bits per heavy atom. The van der Waals surface area contributed by atoms with Gasteiger partial charge >= 0.3 is 0 Å². The summed E-state index contributed by atoms with van der Waals surface area (Å²) < 4.78 is 5.70. The molecule has 108 valence electrons. The molecule has 0 aromatic heterocycles. The number of nitrogens with one attached hydrogen (secondary N) is 1. The van der Waals surface area contributed by atoms with Crippen LogP contribution in [0.15, 0.2) is 0 Å². The van der Waals surface area contributed by atoms with E-state index in [1.165, 1.54) is 25.7 Å². The van der Waals surface area contributed by atoms with Crippen LogP contribution in [0.2, 0.25) is 0 Å². The van der Waals surface area contributed by atoms with Crippen molar-refractivity contribution >= 4 is 5.91 Å². The van der Waals surface area contributed by atoms with Crippen molar-refractivity contribution in [2.24, 2.45) is 5.92 Å². The molecule has 3 saturated heterocycles. The number of morpholine rings is 1. The van der Waals surface area contributed by atoms with Crippen molar-refractivity contribution < 1.29 is 9.53 Å². The van der Waals surface area contributed by atoms with Crippen molar-refractivity contribution in [2.75, 3.05) is 13.1 Å². The van der Waals surface area contributed by atoms with E-state index in [9.17, 15) is 4.79 Å². The highest BCUT2D eigenvalue weighted by atomic mass is 16.5. The highest BCUT2D eigenvalue weighted by Gasteiger charge is 2.35. The second-order valence-corrected chi connectivity index (χ2v) is 6.74. The first-order valence-electron chi connectivity index (χ1n) is 7.79. The van der Waals surface area contributed by atoms with E-state index in [1.807, 2.05) is 4.90 Å². The van der Waals surface area contributed by atoms with Crippen LogP contribution in [0.25, 0.3) is 0 Å². The topological polar surface area (TPSA) is 41.6 Å². The Hall–Kier alpha value is -0.610. The van der Waals surface area contributed by atoms with E-state index < -0.39 is 0 Å². The molecule has 3 aliphatic heterocycles. The van der Waals surface area contributed by atoms with Gasteiger partial charge in [-0.3, -0.25) is 4.79 Å². The number of rotatable bonds is 2. The van der Waals surface area contributed by atoms with Gasteiger partial charge in [0.25, 0.3) is 0 Å². The van der Waals surface area contributed by atoms with E-state index in [4.69, 9.17) is 4.74 Å². The fourth-order valence-electron chi connectivity index (χ4n) is 4.10. The minimum absolute atomic E-state index is 0.178. The fraction of sp³-hybridized carbons (Fsp3) is 0.933. The van der Waals surface area contributed by atoms with Gasteiger partial charge in [-0.2, -0.15) is 0 Å². The first-order chi connectivity index (χ1) is 9.10. The number of piperidine rings is 1. The van der Waals surface area contributed by atoms with E-state index in [2.05, 4.69) is 19.2 Å². The van der Waals surface area contributed by atoms with Gasteiger partial charge in [-0.15, -0.1) is 0 Å². The largest absolute Gasteiger partial charge is 0.372 e. The molecule has 0 aliphatic carbocycles. The third-order valence-corrected chi connectivity index (χ3v) is 4.81. The van der Waals surface area contributed by atoms with Gasteiger partial charge < -0.3 is 15.0 Å². The van der Waals surface area contributed by atoms with Crippen LogP contribution in [0.5, 0.6) is 0 Å². The lowest BCUT2D eigenvalue weighted by atomic mass is 9.89. The van der Waals surface area contributed by atoms with Gasteiger partial charge in [0.1, 0.15) is 0 Å². The highest BCUT2D eigenvalue weighted by Crippen LogP contribution is 2.33. The van der Waals surface area contributed by atoms with Crippen molar-refractivity contribution in [2.45, 2.75) is 70.2 Å². The number of hydrogen-bond donors (Lipinski definition) is 1. The molecule has 4 heteroatoms. The molecule has 4 nitrogen and oxygen atoms in total. The smallest absolute Gasteiger partial charge is 0.223 e. The summed E-state index contributed by atoms with van der Waals surface area (Å²) in [5.41, 5.74) is 0. The maximum Gasteiger partial charge on any atom is 0.223 e. The number of fused-ring (bicyclic) bond motifs is 2. The highest BCUT2D eigenvalue weighted by molar-refractivity contribution is 5.76. The predicted octanol–water partition coefficient (Wildman–Crippen LogP) is 1.54. The zero-order valence-corrected chi connectivity index (χ0v) is 12.1. The molecule has 3 rings (SSSR count). The van der Waals surface area contributed by atoms with Crippen LogP contribution in [0, 0.1) is 5.92 Å². The molecule has 19 heavy (non-hydrogen) atoms. The van der Waals surface area contributed by atoms with Crippen molar-refractivity contribution in [1.82, 2.24) is 10.2 Å². The molecular weight excluding hydrogens is 240 g/mol. The number of carbonyl (C=O) groups excluding carboxylic acids is 1. The Morgan fingerprint density at radius 1 is 1.16 bits per heavy atom. The lowest BCUT2D eigenvalue weighted by Crippen LogP contribution is -2.49. The molecule has 0 aromatic rings. The Morgan fingerprint density at radius 2 is 1.74 bits per heavy atom. The standard InChI is InChI=1S/C15H26N2O2/c1-10-8-17(9-11(2)19-10)15(18)7-12-5-13-3-4-14(6-12)16-13/h10-14,16H,3-9H2,1-2H3. The molecule has 0 aromatic carbocycles. The average molecular weight is 266 g/mol. The summed E-state index contributed by atoms with van der Waals surface area (Å²) in [4.78, 5) is 14.5. The van der Waals surface area contributed by atoms with E-state index in [0.29, 0.717) is 23.9 Å². The lowest BCUT2D eigenvalue weighted by Gasteiger charge is -2.37. The quantitative estimate of drug-likeness (QED) is 0.824. The second-order valence-electron chi connectivity index (χ2n) is 6.74. The van der Waals surface area contributed by atoms with Gasteiger partial charge in [-0.05, 0) is 45.4 Å². The zero-order chi connectivity index (χ0) is 13.4. The predicted molar refractivity (Wildman–Crippen MR) is 73.9 cm³/mol. The Balaban J connectivity index is 1.53. The summed E-state index contributed by atoms with van der Waals surface area (Å²) in [5.74, 6) is 0.938. The van der Waals surface area contributed by atoms with E-state index in [0.717, 1.165) is 19.5 Å². The van der Waals surface area contributed by atoms with Crippen molar-refractivity contribution in [3.63, 3.8) is 0 Å². The van der Waals surface area contributed by atoms with Crippen LogP contribution in [-0.4, -0.2) is 48.2 Å². The van der Waals surface area contributed by atoms with Crippen molar-refractivity contribution in [3.05, 3.63) is 0 Å². The minimum Gasteiger partial charge on any atom is -0.372 e. The summed E-state index contributed by atoms with van der Waals surface area (Å²) in [6.45, 7) is 5.64. The number of hydrogen-bond acceptors (Lipinski definition) is 3. The van der Waals surface area contributed by atoms with Gasteiger partial charge in [-0.1, -0.05) is 0 Å². The van der Waals surface area contributed by atoms with Gasteiger partial charge in [0.05, 0.1) is 12.2 Å². The Labute approximate surface area is 115 Å². The summed E-state index contributed by atoms with van der Waals surface area (Å²) >= 11 is 0. The van der Waals surface area contributed by atoms with Crippen LogP contribution < -0.4 is 5.32 Å². The van der Waals surface area contributed by atoms with Crippen LogP contribution >= 0.6 is 0 Å². The normalized spacial score (nSPS) is 42.4. The molecular formula is C15H26N2O2. The molecule has 0 saturated carbocycles. The molecule has 3 fully saturated rings. The first-order valence-corrected chi connectivity index (χ1v) is 7.79. The lowest BCUT2D eigenvalue weighted by molar-refractivity contribution is -0.144. The summed E-state index contributed by atoms with van der Waals surface area (Å²) in [6.07, 6.45) is 6.10. The monoisotopic (exact) mass is 266 g/mol. The maximum absolute atomic E-state index is 12.4. The van der Waals surface area contributed by atoms with Crippen molar-refractivity contribution in [1.29, 1.82) is 0 Å². The minimum atomic E-state index is 0.178. The van der Waals surface area contributed by atoms with E-state index in [-0.39, 0.29) is 12.2 Å². The molecule has 1 N–H and O–H groups in total. The number of amides is 1. The van der Waals surface area contributed by atoms with Crippen LogP contribution in [0.4, 0.5) is 0 Å². The third-order valence-electron chi connectivity index (χ3n) is 4.81. The van der Waals surface area contributed by atoms with Crippen LogP contribution in [0.1, 0.15) is 46.0 Å². The molecule has 2 bridgehead atoms. The second kappa shape index (κ2) is 5.41. The van der Waals surface area contributed by atoms with Gasteiger partial charge in [0.15, 0.2) is 0 Å². The number of nitrogens with zero attached hydrogens (tertiary/aromatic N) is 1. The van der Waals surface area contributed by atoms with E-state index in [1.54, 1.807) is 0 Å². The molecule has 3 aliphatic rings. The van der Waals surface area contributed by atoms with Gasteiger partial charge in [0, 0.05) is 31.6 Å². The molecule has 0 radical (unpaired) electrons. The van der Waals surface area contributed by atoms with Gasteiger partial charge in [-0.25, -0.2) is 0 Å². The molecule has 0 spiro atoms. The molecule has 4 atom stereocenters. The number of carbonyl (C=O) groups is 1. The summed E-state index contributed by atoms with van der Waals surface area (Å²) in [5, 5.41) is 3.64. The first kappa shape index (κ1) is 13.4. The molecule has 3 heterocycles. The van der Waals surface area contributed by atoms with Crippen molar-refractivity contribution in [3.8, 4) is 0 Å². The average Bonchev–Trinajstić information content (AvgIpc) is 2.67. The molecule has 4 unspecified atom stereocenters. The third kappa shape index (κ3) is 3.11. The van der Waals surface area contributed by atoms with Gasteiger partial charge in [0.2, 0.25) is 5.91 Å². The van der Waals surface area contributed by atoms with E-state index >= 15 is 0 Å². The molecule has 1 amide bonds. The summed E-state index contributed by atoms with van der Waals surface area (Å²) in [7, 11) is 0. The van der Waals surface area contributed by atoms with Crippen LogP contribution in [-0.2, 0) is 9.53 Å². The maximum atomic E-state index is 12.4. The Bertz CT molecular complexity index is 325. The number of ether oxygens (including phenoxy) is 1. The zero-order valence-electron chi connectivity index (χ0n) is 12.1.